The van der Waals surface area contributed by atoms with Crippen LogP contribution >= 0.6 is 11.6 Å². The number of nitrogens with two attached hydrogens (primary N) is 1. The lowest BCUT2D eigenvalue weighted by molar-refractivity contribution is -0.137. The summed E-state index contributed by atoms with van der Waals surface area (Å²) in [4.78, 5) is 13.6. The molecule has 1 saturated heterocycles. The second kappa shape index (κ2) is 6.75. The molecule has 0 bridgehead atoms. The molecule has 1 aliphatic rings. The number of carbonyl (C=O) groups excluding carboxylic acids is 1. The third kappa shape index (κ3) is 3.83. The van der Waals surface area contributed by atoms with Crippen LogP contribution in [0.2, 0.25) is 5.02 Å². The Balaban J connectivity index is 1.87. The molecule has 1 amide bonds. The molecule has 19 heavy (non-hydrogen) atoms. The minimum absolute atomic E-state index is 0.0122. The number of amides is 1. The predicted octanol–water partition coefficient (Wildman–Crippen LogP) is 1.04. The van der Waals surface area contributed by atoms with Crippen molar-refractivity contribution >= 4 is 17.5 Å². The molecule has 0 aliphatic carbocycles. The summed E-state index contributed by atoms with van der Waals surface area (Å²) in [6, 6.07) is 5.24. The lowest BCUT2D eigenvalue weighted by Gasteiger charge is -2.26. The van der Waals surface area contributed by atoms with Gasteiger partial charge in [-0.05, 0) is 17.7 Å². The standard InChI is InChI=1S/C13H17ClN2O3/c14-12-7-11(2-1-10(12)8-15)19-9-13(17)16-3-5-18-6-4-16/h1-2,7H,3-6,8-9,15H2. The predicted molar refractivity (Wildman–Crippen MR) is 72.2 cm³/mol. The number of benzene rings is 1. The third-order valence-corrected chi connectivity index (χ3v) is 3.32. The van der Waals surface area contributed by atoms with Gasteiger partial charge in [0.2, 0.25) is 0 Å². The van der Waals surface area contributed by atoms with Gasteiger partial charge in [0, 0.05) is 24.7 Å². The van der Waals surface area contributed by atoms with Gasteiger partial charge in [-0.2, -0.15) is 0 Å². The summed E-state index contributed by atoms with van der Waals surface area (Å²) in [7, 11) is 0. The van der Waals surface area contributed by atoms with Crippen LogP contribution in [0.25, 0.3) is 0 Å². The molecule has 1 fully saturated rings. The van der Waals surface area contributed by atoms with Gasteiger partial charge in [-0.3, -0.25) is 4.79 Å². The molecule has 0 spiro atoms. The van der Waals surface area contributed by atoms with E-state index in [-0.39, 0.29) is 12.5 Å². The van der Waals surface area contributed by atoms with Gasteiger partial charge in [0.05, 0.1) is 13.2 Å². The lowest BCUT2D eigenvalue weighted by atomic mass is 10.2. The molecule has 1 aromatic rings. The quantitative estimate of drug-likeness (QED) is 0.897. The first-order valence-corrected chi connectivity index (χ1v) is 6.55. The number of halogens is 1. The minimum atomic E-state index is -0.0395. The first kappa shape index (κ1) is 14.1. The highest BCUT2D eigenvalue weighted by atomic mass is 35.5. The number of nitrogens with zero attached hydrogens (tertiary/aromatic N) is 1. The third-order valence-electron chi connectivity index (χ3n) is 2.97. The molecular formula is C13H17ClN2O3. The van der Waals surface area contributed by atoms with E-state index in [1.165, 1.54) is 0 Å². The number of rotatable bonds is 4. The molecule has 1 aliphatic heterocycles. The Kier molecular flexibility index (Phi) is 5.01. The van der Waals surface area contributed by atoms with Gasteiger partial charge in [0.15, 0.2) is 6.61 Å². The number of hydrogen-bond acceptors (Lipinski definition) is 4. The van der Waals surface area contributed by atoms with E-state index < -0.39 is 0 Å². The molecule has 0 unspecified atom stereocenters. The summed E-state index contributed by atoms with van der Waals surface area (Å²) >= 11 is 6.02. The Morgan fingerprint density at radius 2 is 2.16 bits per heavy atom. The maximum Gasteiger partial charge on any atom is 0.260 e. The number of morpholine rings is 1. The van der Waals surface area contributed by atoms with E-state index in [1.807, 2.05) is 0 Å². The summed E-state index contributed by atoms with van der Waals surface area (Å²) in [6.07, 6.45) is 0. The van der Waals surface area contributed by atoms with Gasteiger partial charge < -0.3 is 20.1 Å². The Labute approximate surface area is 117 Å². The second-order valence-electron chi connectivity index (χ2n) is 4.24. The van der Waals surface area contributed by atoms with Gasteiger partial charge in [-0.15, -0.1) is 0 Å². The van der Waals surface area contributed by atoms with E-state index in [1.54, 1.807) is 23.1 Å². The largest absolute Gasteiger partial charge is 0.484 e. The fourth-order valence-electron chi connectivity index (χ4n) is 1.83. The van der Waals surface area contributed by atoms with Crippen LogP contribution in [0.3, 0.4) is 0 Å². The molecule has 0 atom stereocenters. The first-order valence-electron chi connectivity index (χ1n) is 6.17. The summed E-state index contributed by atoms with van der Waals surface area (Å²) < 4.78 is 10.6. The van der Waals surface area contributed by atoms with Crippen molar-refractivity contribution in [3.63, 3.8) is 0 Å². The van der Waals surface area contributed by atoms with Crippen molar-refractivity contribution in [3.8, 4) is 5.75 Å². The molecule has 0 aromatic heterocycles. The number of ether oxygens (including phenoxy) is 2. The summed E-state index contributed by atoms with van der Waals surface area (Å²) in [5.74, 6) is 0.533. The van der Waals surface area contributed by atoms with Crippen molar-refractivity contribution in [2.24, 2.45) is 5.73 Å². The molecule has 2 N–H and O–H groups in total. The SMILES string of the molecule is NCc1ccc(OCC(=O)N2CCOCC2)cc1Cl. The monoisotopic (exact) mass is 284 g/mol. The van der Waals surface area contributed by atoms with Crippen molar-refractivity contribution < 1.29 is 14.3 Å². The maximum absolute atomic E-state index is 11.9. The van der Waals surface area contributed by atoms with Gasteiger partial charge in [-0.1, -0.05) is 17.7 Å². The molecule has 6 heteroatoms. The highest BCUT2D eigenvalue weighted by Gasteiger charge is 2.17. The van der Waals surface area contributed by atoms with Crippen LogP contribution in [0.1, 0.15) is 5.56 Å². The van der Waals surface area contributed by atoms with Crippen LogP contribution in [0, 0.1) is 0 Å². The Bertz CT molecular complexity index is 448. The zero-order valence-corrected chi connectivity index (χ0v) is 11.4. The molecule has 0 saturated carbocycles. The zero-order valence-electron chi connectivity index (χ0n) is 10.6. The van der Waals surface area contributed by atoms with Crippen LogP contribution in [-0.4, -0.2) is 43.7 Å². The molecular weight excluding hydrogens is 268 g/mol. The fraction of sp³-hybridized carbons (Fsp3) is 0.462. The number of hydrogen-bond donors (Lipinski definition) is 1. The maximum atomic E-state index is 11.9. The van der Waals surface area contributed by atoms with Crippen LogP contribution in [-0.2, 0) is 16.1 Å². The van der Waals surface area contributed by atoms with Gasteiger partial charge in [0.1, 0.15) is 5.75 Å². The molecule has 104 valence electrons. The topological polar surface area (TPSA) is 64.8 Å². The van der Waals surface area contributed by atoms with Crippen LogP contribution in [0.4, 0.5) is 0 Å². The molecule has 1 heterocycles. The van der Waals surface area contributed by atoms with E-state index in [0.29, 0.717) is 43.6 Å². The molecule has 0 radical (unpaired) electrons. The highest BCUT2D eigenvalue weighted by Crippen LogP contribution is 2.22. The fourth-order valence-corrected chi connectivity index (χ4v) is 2.08. The Hall–Kier alpha value is -1.30. The normalized spacial score (nSPS) is 15.4. The molecule has 2 rings (SSSR count). The Morgan fingerprint density at radius 3 is 2.79 bits per heavy atom. The van der Waals surface area contributed by atoms with Crippen LogP contribution in [0.15, 0.2) is 18.2 Å². The van der Waals surface area contributed by atoms with E-state index in [4.69, 9.17) is 26.8 Å². The van der Waals surface area contributed by atoms with E-state index in [9.17, 15) is 4.79 Å². The minimum Gasteiger partial charge on any atom is -0.484 e. The van der Waals surface area contributed by atoms with E-state index in [0.717, 1.165) is 5.56 Å². The van der Waals surface area contributed by atoms with Gasteiger partial charge in [-0.25, -0.2) is 0 Å². The molecule has 5 nitrogen and oxygen atoms in total. The van der Waals surface area contributed by atoms with E-state index in [2.05, 4.69) is 0 Å². The van der Waals surface area contributed by atoms with Crippen molar-refractivity contribution in [1.29, 1.82) is 0 Å². The van der Waals surface area contributed by atoms with Gasteiger partial charge >= 0.3 is 0 Å². The first-order chi connectivity index (χ1) is 9.20. The van der Waals surface area contributed by atoms with Gasteiger partial charge in [0.25, 0.3) is 5.91 Å². The lowest BCUT2D eigenvalue weighted by Crippen LogP contribution is -2.42. The van der Waals surface area contributed by atoms with Crippen molar-refractivity contribution in [2.75, 3.05) is 32.9 Å². The average molecular weight is 285 g/mol. The average Bonchev–Trinajstić information content (AvgIpc) is 2.46. The van der Waals surface area contributed by atoms with Crippen molar-refractivity contribution in [1.82, 2.24) is 4.90 Å². The van der Waals surface area contributed by atoms with Crippen LogP contribution in [0.5, 0.6) is 5.75 Å². The number of carbonyl (C=O) groups is 1. The Morgan fingerprint density at radius 1 is 1.42 bits per heavy atom. The summed E-state index contributed by atoms with van der Waals surface area (Å²) in [6.45, 7) is 2.81. The van der Waals surface area contributed by atoms with E-state index >= 15 is 0 Å². The van der Waals surface area contributed by atoms with Crippen molar-refractivity contribution in [3.05, 3.63) is 28.8 Å². The van der Waals surface area contributed by atoms with Crippen molar-refractivity contribution in [2.45, 2.75) is 6.54 Å². The smallest absolute Gasteiger partial charge is 0.260 e. The van der Waals surface area contributed by atoms with Crippen LogP contribution < -0.4 is 10.5 Å². The summed E-state index contributed by atoms with van der Waals surface area (Å²) in [5, 5.41) is 0.554. The molecule has 1 aromatic carbocycles. The summed E-state index contributed by atoms with van der Waals surface area (Å²) in [5.41, 5.74) is 6.38. The zero-order chi connectivity index (χ0) is 13.7. The second-order valence-corrected chi connectivity index (χ2v) is 4.65. The highest BCUT2D eigenvalue weighted by molar-refractivity contribution is 6.31.